The summed E-state index contributed by atoms with van der Waals surface area (Å²) < 4.78 is 21.5. The molecule has 2 aromatic carbocycles. The summed E-state index contributed by atoms with van der Waals surface area (Å²) >= 11 is 0. The van der Waals surface area contributed by atoms with Crippen molar-refractivity contribution in [1.82, 2.24) is 0 Å². The first-order valence-corrected chi connectivity index (χ1v) is 8.78. The zero-order valence-electron chi connectivity index (χ0n) is 14.9. The number of aromatic hydroxyl groups is 1. The number of phenols is 1. The molecule has 0 spiro atoms. The molecule has 1 N–H and O–H groups in total. The van der Waals surface area contributed by atoms with E-state index in [1.54, 1.807) is 24.3 Å². The van der Waals surface area contributed by atoms with Crippen molar-refractivity contribution in [1.29, 1.82) is 0 Å². The monoisotopic (exact) mass is 368 g/mol. The number of benzene rings is 2. The Balaban J connectivity index is 1.57. The predicted molar refractivity (Wildman–Crippen MR) is 98.2 cm³/mol. The van der Waals surface area contributed by atoms with Gasteiger partial charge in [0.05, 0.1) is 13.7 Å². The highest BCUT2D eigenvalue weighted by atomic mass is 16.6. The van der Waals surface area contributed by atoms with Crippen molar-refractivity contribution in [3.05, 3.63) is 53.1 Å². The minimum absolute atomic E-state index is 0.0293. The molecule has 0 amide bonds. The first kappa shape index (κ1) is 17.3. The Labute approximate surface area is 156 Å². The third kappa shape index (κ3) is 3.56. The lowest BCUT2D eigenvalue weighted by molar-refractivity contribution is -0.135. The molecule has 2 aliphatic heterocycles. The number of ether oxygens (including phenoxy) is 4. The van der Waals surface area contributed by atoms with Crippen molar-refractivity contribution in [2.75, 3.05) is 26.9 Å². The van der Waals surface area contributed by atoms with Crippen LogP contribution in [0.3, 0.4) is 0 Å². The van der Waals surface area contributed by atoms with Gasteiger partial charge in [-0.15, -0.1) is 0 Å². The summed E-state index contributed by atoms with van der Waals surface area (Å²) in [6.07, 6.45) is 2.41. The number of fused-ring (bicyclic) bond motifs is 1. The van der Waals surface area contributed by atoms with E-state index in [-0.39, 0.29) is 17.6 Å². The number of hydrogen-bond acceptors (Lipinski definition) is 6. The fourth-order valence-corrected chi connectivity index (χ4v) is 3.34. The van der Waals surface area contributed by atoms with Gasteiger partial charge in [0.25, 0.3) is 0 Å². The summed E-state index contributed by atoms with van der Waals surface area (Å²) in [7, 11) is 1.49. The zero-order valence-corrected chi connectivity index (χ0v) is 14.9. The summed E-state index contributed by atoms with van der Waals surface area (Å²) in [5, 5.41) is 9.95. The highest BCUT2D eigenvalue weighted by molar-refractivity contribution is 5.96. The van der Waals surface area contributed by atoms with Gasteiger partial charge < -0.3 is 24.1 Å². The number of phenolic OH excluding ortho intramolecular Hbond substituents is 1. The Kier molecular flexibility index (Phi) is 4.62. The van der Waals surface area contributed by atoms with Crippen LogP contribution in [0.25, 0.3) is 6.08 Å². The molecule has 0 radical (unpaired) electrons. The number of cyclic esters (lactones) is 1. The minimum Gasteiger partial charge on any atom is -0.504 e. The van der Waals surface area contributed by atoms with Crippen molar-refractivity contribution in [2.45, 2.75) is 6.42 Å². The van der Waals surface area contributed by atoms with E-state index in [4.69, 9.17) is 18.9 Å². The summed E-state index contributed by atoms with van der Waals surface area (Å²) in [5.74, 6) is 1.50. The van der Waals surface area contributed by atoms with Gasteiger partial charge in [-0.3, -0.25) is 0 Å². The van der Waals surface area contributed by atoms with Crippen LogP contribution < -0.4 is 14.2 Å². The molecule has 2 aliphatic rings. The average Bonchev–Trinajstić information content (AvgIpc) is 3.01. The third-order valence-electron chi connectivity index (χ3n) is 4.70. The van der Waals surface area contributed by atoms with Gasteiger partial charge in [0, 0.05) is 11.5 Å². The molecule has 0 aromatic heterocycles. The summed E-state index contributed by atoms with van der Waals surface area (Å²) in [5.41, 5.74) is 2.36. The van der Waals surface area contributed by atoms with E-state index >= 15 is 0 Å². The van der Waals surface area contributed by atoms with Gasteiger partial charge in [0.2, 0.25) is 0 Å². The molecular weight excluding hydrogens is 348 g/mol. The van der Waals surface area contributed by atoms with E-state index in [1.807, 2.05) is 18.2 Å². The van der Waals surface area contributed by atoms with Gasteiger partial charge in [-0.2, -0.15) is 0 Å². The van der Waals surface area contributed by atoms with Crippen LogP contribution in [-0.4, -0.2) is 38.0 Å². The topological polar surface area (TPSA) is 74.2 Å². The van der Waals surface area contributed by atoms with E-state index in [0.717, 1.165) is 17.1 Å². The van der Waals surface area contributed by atoms with Crippen LogP contribution >= 0.6 is 0 Å². The molecular formula is C21H20O6. The van der Waals surface area contributed by atoms with Crippen LogP contribution in [0.5, 0.6) is 23.0 Å². The van der Waals surface area contributed by atoms with Crippen LogP contribution in [0.15, 0.2) is 42.0 Å². The molecule has 4 rings (SSSR count). The Morgan fingerprint density at radius 2 is 1.93 bits per heavy atom. The molecule has 0 saturated carbocycles. The molecule has 2 heterocycles. The van der Waals surface area contributed by atoms with Crippen LogP contribution in [0.1, 0.15) is 11.1 Å². The van der Waals surface area contributed by atoms with Gasteiger partial charge in [-0.1, -0.05) is 12.1 Å². The molecule has 0 aliphatic carbocycles. The van der Waals surface area contributed by atoms with Crippen molar-refractivity contribution in [3.8, 4) is 23.0 Å². The van der Waals surface area contributed by atoms with Crippen molar-refractivity contribution in [3.63, 3.8) is 0 Å². The Hall–Kier alpha value is -3.15. The number of rotatable bonds is 4. The average molecular weight is 368 g/mol. The maximum absolute atomic E-state index is 12.2. The van der Waals surface area contributed by atoms with Crippen LogP contribution in [0.2, 0.25) is 0 Å². The van der Waals surface area contributed by atoms with Crippen molar-refractivity contribution in [2.24, 2.45) is 5.92 Å². The summed E-state index contributed by atoms with van der Waals surface area (Å²) in [4.78, 5) is 12.2. The first-order valence-electron chi connectivity index (χ1n) is 8.78. The number of methoxy groups -OCH3 is 1. The molecule has 0 unspecified atom stereocenters. The van der Waals surface area contributed by atoms with Crippen LogP contribution in [-0.2, 0) is 16.0 Å². The Morgan fingerprint density at radius 1 is 1.11 bits per heavy atom. The van der Waals surface area contributed by atoms with E-state index in [0.29, 0.717) is 43.1 Å². The standard InChI is InChI=1S/C21H20O6/c1-24-18-4-2-14(10-17(18)22)9-16-15(12-27-21(16)23)8-13-3-5-19-20(11-13)26-7-6-25-19/h2-5,9-11,15,22H,6-8,12H2,1H3/b16-9+/t15-/m0/s1. The van der Waals surface area contributed by atoms with E-state index in [9.17, 15) is 9.90 Å². The van der Waals surface area contributed by atoms with Gasteiger partial charge in [0.15, 0.2) is 23.0 Å². The molecule has 1 saturated heterocycles. The Bertz CT molecular complexity index is 902. The van der Waals surface area contributed by atoms with E-state index < -0.39 is 0 Å². The normalized spacial score (nSPS) is 19.8. The summed E-state index contributed by atoms with van der Waals surface area (Å²) in [6, 6.07) is 10.8. The molecule has 0 bridgehead atoms. The second-order valence-corrected chi connectivity index (χ2v) is 6.51. The maximum atomic E-state index is 12.2. The number of carbonyl (C=O) groups excluding carboxylic acids is 1. The number of carbonyl (C=O) groups is 1. The fourth-order valence-electron chi connectivity index (χ4n) is 3.34. The number of esters is 1. The molecule has 6 nitrogen and oxygen atoms in total. The van der Waals surface area contributed by atoms with Gasteiger partial charge in [-0.05, 0) is 47.9 Å². The second kappa shape index (κ2) is 7.23. The Morgan fingerprint density at radius 3 is 2.70 bits per heavy atom. The predicted octanol–water partition coefficient (Wildman–Crippen LogP) is 2.97. The van der Waals surface area contributed by atoms with Gasteiger partial charge >= 0.3 is 5.97 Å². The molecule has 27 heavy (non-hydrogen) atoms. The fraction of sp³-hybridized carbons (Fsp3) is 0.286. The zero-order chi connectivity index (χ0) is 18.8. The minimum atomic E-state index is -0.326. The highest BCUT2D eigenvalue weighted by Crippen LogP contribution is 2.34. The van der Waals surface area contributed by atoms with Crippen LogP contribution in [0, 0.1) is 5.92 Å². The quantitative estimate of drug-likeness (QED) is 0.661. The van der Waals surface area contributed by atoms with Crippen molar-refractivity contribution < 1.29 is 28.8 Å². The number of hydrogen-bond donors (Lipinski definition) is 1. The molecule has 1 atom stereocenters. The van der Waals surface area contributed by atoms with E-state index in [1.165, 1.54) is 7.11 Å². The maximum Gasteiger partial charge on any atom is 0.334 e. The lowest BCUT2D eigenvalue weighted by Gasteiger charge is -2.19. The third-order valence-corrected chi connectivity index (χ3v) is 4.70. The van der Waals surface area contributed by atoms with Crippen LogP contribution in [0.4, 0.5) is 0 Å². The largest absolute Gasteiger partial charge is 0.504 e. The van der Waals surface area contributed by atoms with E-state index in [2.05, 4.69) is 0 Å². The first-order chi connectivity index (χ1) is 13.1. The summed E-state index contributed by atoms with van der Waals surface area (Å²) in [6.45, 7) is 1.42. The van der Waals surface area contributed by atoms with Gasteiger partial charge in [0.1, 0.15) is 13.2 Å². The lowest BCUT2D eigenvalue weighted by atomic mass is 9.92. The lowest BCUT2D eigenvalue weighted by Crippen LogP contribution is -2.15. The van der Waals surface area contributed by atoms with Gasteiger partial charge in [-0.25, -0.2) is 4.79 Å². The molecule has 1 fully saturated rings. The van der Waals surface area contributed by atoms with Crippen molar-refractivity contribution >= 4 is 12.0 Å². The molecule has 140 valence electrons. The smallest absolute Gasteiger partial charge is 0.334 e. The molecule has 6 heteroatoms. The second-order valence-electron chi connectivity index (χ2n) is 6.51. The molecule has 2 aromatic rings. The highest BCUT2D eigenvalue weighted by Gasteiger charge is 2.31. The SMILES string of the molecule is COc1ccc(/C=C2/C(=O)OC[C@@H]2Cc2ccc3c(c2)OCCO3)cc1O.